The summed E-state index contributed by atoms with van der Waals surface area (Å²) >= 11 is 0. The molecule has 0 aliphatic carbocycles. The van der Waals surface area contributed by atoms with Crippen molar-refractivity contribution < 1.29 is 42.7 Å². The molecule has 0 aromatic rings. The molecule has 0 rings (SSSR count). The fourth-order valence-corrected chi connectivity index (χ4v) is 2.04. The van der Waals surface area contributed by atoms with Gasteiger partial charge in [-0.15, -0.1) is 0 Å². The average Bonchev–Trinajstić information content (AvgIpc) is 2.71. The van der Waals surface area contributed by atoms with Gasteiger partial charge in [-0.1, -0.05) is 6.92 Å². The zero-order chi connectivity index (χ0) is 22.1. The van der Waals surface area contributed by atoms with E-state index in [1.807, 2.05) is 20.8 Å². The molecule has 9 nitrogen and oxygen atoms in total. The van der Waals surface area contributed by atoms with E-state index in [1.54, 1.807) is 0 Å². The van der Waals surface area contributed by atoms with Crippen molar-refractivity contribution in [3.63, 3.8) is 0 Å². The Hall–Kier alpha value is -0.810. The van der Waals surface area contributed by atoms with Crippen molar-refractivity contribution in [3.8, 4) is 0 Å². The number of carbonyl (C=O) groups is 1. The second-order valence-electron chi connectivity index (χ2n) is 6.56. The van der Waals surface area contributed by atoms with Crippen LogP contribution in [0, 0.1) is 0 Å². The monoisotopic (exact) mass is 438 g/mol. The molecule has 0 atom stereocenters. The predicted octanol–water partition coefficient (Wildman–Crippen LogP) is 1.85. The molecular formula is C21H42O9. The van der Waals surface area contributed by atoms with Gasteiger partial charge in [-0.2, -0.15) is 0 Å². The quantitative estimate of drug-likeness (QED) is 0.165. The zero-order valence-electron chi connectivity index (χ0n) is 19.1. The lowest BCUT2D eigenvalue weighted by molar-refractivity contribution is -0.145. The Kier molecular flexibility index (Phi) is 23.8. The topological polar surface area (TPSA) is 90.9 Å². The molecule has 0 aliphatic heterocycles. The van der Waals surface area contributed by atoms with Crippen molar-refractivity contribution in [2.45, 2.75) is 39.7 Å². The van der Waals surface area contributed by atoms with Gasteiger partial charge in [-0.3, -0.25) is 4.79 Å². The van der Waals surface area contributed by atoms with E-state index in [9.17, 15) is 4.79 Å². The van der Waals surface area contributed by atoms with Crippen LogP contribution in [0.5, 0.6) is 0 Å². The van der Waals surface area contributed by atoms with Gasteiger partial charge < -0.3 is 37.9 Å². The number of rotatable bonds is 24. The summed E-state index contributed by atoms with van der Waals surface area (Å²) < 4.78 is 42.6. The van der Waals surface area contributed by atoms with Gasteiger partial charge in [0.2, 0.25) is 0 Å². The molecule has 0 aromatic carbocycles. The first-order valence-electron chi connectivity index (χ1n) is 10.9. The van der Waals surface area contributed by atoms with Gasteiger partial charge in [0.25, 0.3) is 0 Å². The maximum atomic E-state index is 11.1. The molecular weight excluding hydrogens is 396 g/mol. The minimum Gasteiger partial charge on any atom is -0.463 e. The van der Waals surface area contributed by atoms with Crippen molar-refractivity contribution in [1.29, 1.82) is 0 Å². The van der Waals surface area contributed by atoms with Crippen molar-refractivity contribution in [1.82, 2.24) is 0 Å². The van der Waals surface area contributed by atoms with E-state index in [0.29, 0.717) is 92.3 Å². The third kappa shape index (κ3) is 25.2. The Morgan fingerprint density at radius 3 is 1.23 bits per heavy atom. The Morgan fingerprint density at radius 2 is 0.900 bits per heavy atom. The van der Waals surface area contributed by atoms with E-state index < -0.39 is 0 Å². The van der Waals surface area contributed by atoms with E-state index in [1.165, 1.54) is 0 Å². The molecule has 0 bridgehead atoms. The summed E-state index contributed by atoms with van der Waals surface area (Å²) in [5.41, 5.74) is 0. The van der Waals surface area contributed by atoms with Crippen LogP contribution in [-0.2, 0) is 42.7 Å². The summed E-state index contributed by atoms with van der Waals surface area (Å²) in [5.74, 6) is -0.181. The van der Waals surface area contributed by atoms with Crippen molar-refractivity contribution >= 4 is 5.97 Å². The van der Waals surface area contributed by atoms with Crippen LogP contribution in [0.3, 0.4) is 0 Å². The first kappa shape index (κ1) is 29.2. The summed E-state index contributed by atoms with van der Waals surface area (Å²) in [6, 6.07) is 0. The Balaban J connectivity index is 3.04. The Bertz CT molecular complexity index is 353. The average molecular weight is 439 g/mol. The molecule has 180 valence electrons. The minimum atomic E-state index is -0.181. The summed E-state index contributed by atoms with van der Waals surface area (Å²) in [5, 5.41) is 0. The molecule has 0 N–H and O–H groups in total. The summed E-state index contributed by atoms with van der Waals surface area (Å²) in [7, 11) is 0. The molecule has 0 amide bonds. The van der Waals surface area contributed by atoms with Crippen LogP contribution in [-0.4, -0.2) is 105 Å². The Morgan fingerprint density at radius 1 is 0.567 bits per heavy atom. The lowest BCUT2D eigenvalue weighted by atomic mass is 10.3. The Labute approximate surface area is 181 Å². The van der Waals surface area contributed by atoms with Crippen molar-refractivity contribution in [2.75, 3.05) is 92.5 Å². The van der Waals surface area contributed by atoms with Gasteiger partial charge in [-0.05, 0) is 20.3 Å². The number of ether oxygens (including phenoxy) is 8. The number of carbonyl (C=O) groups excluding carboxylic acids is 1. The molecule has 0 spiro atoms. The van der Waals surface area contributed by atoms with Crippen LogP contribution < -0.4 is 0 Å². The molecule has 0 heterocycles. The predicted molar refractivity (Wildman–Crippen MR) is 112 cm³/mol. The highest BCUT2D eigenvalue weighted by Crippen LogP contribution is 1.91. The molecule has 0 aromatic heterocycles. The number of hydrogen-bond donors (Lipinski definition) is 0. The molecule has 9 heteroatoms. The highest BCUT2D eigenvalue weighted by atomic mass is 16.6. The molecule has 0 radical (unpaired) electrons. The van der Waals surface area contributed by atoms with Gasteiger partial charge in [0.05, 0.1) is 92.0 Å². The van der Waals surface area contributed by atoms with Crippen LogP contribution in [0.2, 0.25) is 0 Å². The van der Waals surface area contributed by atoms with E-state index in [0.717, 1.165) is 6.42 Å². The van der Waals surface area contributed by atoms with Crippen LogP contribution >= 0.6 is 0 Å². The van der Waals surface area contributed by atoms with Gasteiger partial charge in [0.15, 0.2) is 0 Å². The molecule has 30 heavy (non-hydrogen) atoms. The smallest absolute Gasteiger partial charge is 0.305 e. The highest BCUT2D eigenvalue weighted by Gasteiger charge is 2.00. The molecule has 0 saturated heterocycles. The summed E-state index contributed by atoms with van der Waals surface area (Å²) in [6.45, 7) is 13.0. The van der Waals surface area contributed by atoms with E-state index >= 15 is 0 Å². The van der Waals surface area contributed by atoms with E-state index in [-0.39, 0.29) is 18.7 Å². The second kappa shape index (κ2) is 24.5. The molecule has 0 unspecified atom stereocenters. The molecule has 0 fully saturated rings. The van der Waals surface area contributed by atoms with E-state index in [2.05, 4.69) is 0 Å². The van der Waals surface area contributed by atoms with Crippen LogP contribution in [0.15, 0.2) is 0 Å². The standard InChI is InChI=1S/C21H42O9/c1-4-5-21(22)30-19-17-28-15-13-26-11-9-24-7-6-23-8-10-25-12-14-27-16-18-29-20(2)3/h20H,4-19H2,1-3H3. The first-order valence-corrected chi connectivity index (χ1v) is 10.9. The number of esters is 1. The number of hydrogen-bond acceptors (Lipinski definition) is 9. The van der Waals surface area contributed by atoms with Crippen molar-refractivity contribution in [3.05, 3.63) is 0 Å². The van der Waals surface area contributed by atoms with Gasteiger partial charge in [0.1, 0.15) is 6.61 Å². The van der Waals surface area contributed by atoms with Gasteiger partial charge in [-0.25, -0.2) is 0 Å². The minimum absolute atomic E-state index is 0.181. The molecule has 0 aliphatic rings. The molecule has 0 saturated carbocycles. The SMILES string of the molecule is CCCC(=O)OCCOCCOCCOCCOCCOCCOCCOC(C)C. The van der Waals surface area contributed by atoms with E-state index in [4.69, 9.17) is 37.9 Å². The lowest BCUT2D eigenvalue weighted by Gasteiger charge is -2.09. The second-order valence-corrected chi connectivity index (χ2v) is 6.56. The maximum Gasteiger partial charge on any atom is 0.305 e. The summed E-state index contributed by atoms with van der Waals surface area (Å²) in [6.07, 6.45) is 1.48. The fourth-order valence-electron chi connectivity index (χ4n) is 2.04. The van der Waals surface area contributed by atoms with Gasteiger partial charge >= 0.3 is 5.97 Å². The normalized spacial score (nSPS) is 11.3. The van der Waals surface area contributed by atoms with Crippen LogP contribution in [0.1, 0.15) is 33.6 Å². The third-order valence-electron chi connectivity index (χ3n) is 3.48. The zero-order valence-corrected chi connectivity index (χ0v) is 19.1. The highest BCUT2D eigenvalue weighted by molar-refractivity contribution is 5.69. The van der Waals surface area contributed by atoms with Crippen molar-refractivity contribution in [2.24, 2.45) is 0 Å². The lowest BCUT2D eigenvalue weighted by Crippen LogP contribution is -2.15. The van der Waals surface area contributed by atoms with Crippen LogP contribution in [0.25, 0.3) is 0 Å². The third-order valence-corrected chi connectivity index (χ3v) is 3.48. The van der Waals surface area contributed by atoms with Gasteiger partial charge in [0, 0.05) is 6.42 Å². The largest absolute Gasteiger partial charge is 0.463 e. The van der Waals surface area contributed by atoms with Crippen LogP contribution in [0.4, 0.5) is 0 Å². The fraction of sp³-hybridized carbons (Fsp3) is 0.952. The summed E-state index contributed by atoms with van der Waals surface area (Å²) in [4.78, 5) is 11.1. The first-order chi connectivity index (χ1) is 14.7. The maximum absolute atomic E-state index is 11.1.